The first-order valence-corrected chi connectivity index (χ1v) is 6.45. The molecule has 2 rings (SSSR count). The minimum atomic E-state index is -0.315. The van der Waals surface area contributed by atoms with E-state index in [0.29, 0.717) is 12.1 Å². The Hall–Kier alpha value is -1.88. The topological polar surface area (TPSA) is 51.2 Å². The van der Waals surface area contributed by atoms with Gasteiger partial charge in [-0.3, -0.25) is 0 Å². The Balaban J connectivity index is 2.16. The van der Waals surface area contributed by atoms with Gasteiger partial charge in [0.25, 0.3) is 0 Å². The van der Waals surface area contributed by atoms with Crippen molar-refractivity contribution in [2.75, 3.05) is 12.4 Å². The quantitative estimate of drug-likeness (QED) is 0.861. The molecule has 0 aliphatic heterocycles. The highest BCUT2D eigenvalue weighted by atomic mass is 32.1. The van der Waals surface area contributed by atoms with E-state index in [1.165, 1.54) is 7.11 Å². The van der Waals surface area contributed by atoms with Crippen molar-refractivity contribution in [3.63, 3.8) is 0 Å². The molecule has 0 aliphatic rings. The van der Waals surface area contributed by atoms with Crippen LogP contribution < -0.4 is 5.32 Å². The highest BCUT2D eigenvalue weighted by Crippen LogP contribution is 2.20. The molecule has 0 fully saturated rings. The molecule has 0 amide bonds. The number of methoxy groups -OCH3 is 1. The molecule has 94 valence electrons. The second-order valence-corrected chi connectivity index (χ2v) is 4.52. The van der Waals surface area contributed by atoms with Crippen LogP contribution in [-0.4, -0.2) is 18.1 Å². The number of nitrogens with zero attached hydrogens (tertiary/aromatic N) is 1. The lowest BCUT2D eigenvalue weighted by molar-refractivity contribution is 0.0600. The van der Waals surface area contributed by atoms with E-state index in [-0.39, 0.29) is 5.97 Å². The Morgan fingerprint density at radius 1 is 1.50 bits per heavy atom. The number of carbonyl (C=O) groups is 1. The van der Waals surface area contributed by atoms with Crippen LogP contribution in [0.15, 0.2) is 29.1 Å². The van der Waals surface area contributed by atoms with Crippen molar-refractivity contribution < 1.29 is 9.53 Å². The molecule has 1 heterocycles. The number of hydrogen-bond acceptors (Lipinski definition) is 5. The zero-order chi connectivity index (χ0) is 13.0. The Kier molecular flexibility index (Phi) is 3.94. The zero-order valence-corrected chi connectivity index (χ0v) is 11.1. The lowest BCUT2D eigenvalue weighted by Crippen LogP contribution is -2.07. The zero-order valence-electron chi connectivity index (χ0n) is 10.3. The number of nitrogens with one attached hydrogen (secondary N) is 1. The van der Waals surface area contributed by atoms with E-state index in [1.54, 1.807) is 22.9 Å². The van der Waals surface area contributed by atoms with Gasteiger partial charge in [-0.05, 0) is 24.6 Å². The summed E-state index contributed by atoms with van der Waals surface area (Å²) in [5.74, 6) is -0.315. The fourth-order valence-electron chi connectivity index (χ4n) is 1.67. The molecule has 0 bridgehead atoms. The third-order valence-corrected chi connectivity index (χ3v) is 3.32. The van der Waals surface area contributed by atoms with Gasteiger partial charge in [-0.2, -0.15) is 0 Å². The van der Waals surface area contributed by atoms with E-state index in [9.17, 15) is 4.79 Å². The maximum Gasteiger partial charge on any atom is 0.338 e. The first kappa shape index (κ1) is 12.6. The van der Waals surface area contributed by atoms with E-state index in [2.05, 4.69) is 10.3 Å². The van der Waals surface area contributed by atoms with Gasteiger partial charge in [0.2, 0.25) is 0 Å². The van der Waals surface area contributed by atoms with Crippen molar-refractivity contribution in [3.05, 3.63) is 45.9 Å². The van der Waals surface area contributed by atoms with Crippen LogP contribution in [0.25, 0.3) is 0 Å². The first-order valence-electron chi connectivity index (χ1n) is 5.51. The van der Waals surface area contributed by atoms with Crippen molar-refractivity contribution in [2.24, 2.45) is 0 Å². The molecule has 0 aliphatic carbocycles. The van der Waals surface area contributed by atoms with Gasteiger partial charge in [0.15, 0.2) is 0 Å². The molecule has 1 N–H and O–H groups in total. The summed E-state index contributed by atoms with van der Waals surface area (Å²) < 4.78 is 4.75. The second-order valence-electron chi connectivity index (χ2n) is 3.80. The summed E-state index contributed by atoms with van der Waals surface area (Å²) in [6, 6.07) is 5.53. The number of esters is 1. The first-order chi connectivity index (χ1) is 8.72. The Morgan fingerprint density at radius 2 is 2.33 bits per heavy atom. The smallest absolute Gasteiger partial charge is 0.338 e. The van der Waals surface area contributed by atoms with Crippen molar-refractivity contribution in [1.82, 2.24) is 4.98 Å². The highest BCUT2D eigenvalue weighted by molar-refractivity contribution is 7.07. The predicted octanol–water partition coefficient (Wildman–Crippen LogP) is 2.85. The molecule has 4 nitrogen and oxygen atoms in total. The molecule has 18 heavy (non-hydrogen) atoms. The number of carbonyl (C=O) groups excluding carboxylic acids is 1. The van der Waals surface area contributed by atoms with Gasteiger partial charge in [0.05, 0.1) is 30.4 Å². The lowest BCUT2D eigenvalue weighted by atomic mass is 10.1. The lowest BCUT2D eigenvalue weighted by Gasteiger charge is -2.11. The monoisotopic (exact) mass is 262 g/mol. The van der Waals surface area contributed by atoms with Crippen LogP contribution in [0.1, 0.15) is 21.6 Å². The highest BCUT2D eigenvalue weighted by Gasteiger charge is 2.11. The number of rotatable bonds is 4. The number of aromatic nitrogens is 1. The minimum absolute atomic E-state index is 0.315. The van der Waals surface area contributed by atoms with Gasteiger partial charge in [-0.1, -0.05) is 6.07 Å². The van der Waals surface area contributed by atoms with E-state index in [0.717, 1.165) is 16.9 Å². The van der Waals surface area contributed by atoms with E-state index >= 15 is 0 Å². The molecular formula is C13H14N2O2S. The molecule has 0 atom stereocenters. The fraction of sp³-hybridized carbons (Fsp3) is 0.231. The third kappa shape index (κ3) is 2.68. The van der Waals surface area contributed by atoms with Gasteiger partial charge in [0.1, 0.15) is 0 Å². The van der Waals surface area contributed by atoms with Crippen LogP contribution in [0, 0.1) is 6.92 Å². The molecule has 0 radical (unpaired) electrons. The molecule has 5 heteroatoms. The summed E-state index contributed by atoms with van der Waals surface area (Å²) in [5, 5.41) is 5.26. The van der Waals surface area contributed by atoms with Crippen LogP contribution in [0.2, 0.25) is 0 Å². The summed E-state index contributed by atoms with van der Waals surface area (Å²) in [4.78, 5) is 15.8. The number of anilines is 1. The Morgan fingerprint density at radius 3 is 3.00 bits per heavy atom. The van der Waals surface area contributed by atoms with Crippen LogP contribution in [0.4, 0.5) is 5.69 Å². The average molecular weight is 262 g/mol. The SMILES string of the molecule is COC(=O)c1cccc(NCc2cscn2)c1C. The number of thiazole rings is 1. The summed E-state index contributed by atoms with van der Waals surface area (Å²) in [7, 11) is 1.39. The molecule has 2 aromatic rings. The summed E-state index contributed by atoms with van der Waals surface area (Å²) in [6.07, 6.45) is 0. The van der Waals surface area contributed by atoms with Crippen LogP contribution in [0.5, 0.6) is 0 Å². The summed E-state index contributed by atoms with van der Waals surface area (Å²) >= 11 is 1.57. The maximum atomic E-state index is 11.6. The standard InChI is InChI=1S/C13H14N2O2S/c1-9-11(13(16)17-2)4-3-5-12(9)14-6-10-7-18-8-15-10/h3-5,7-8,14H,6H2,1-2H3. The van der Waals surface area contributed by atoms with Crippen LogP contribution >= 0.6 is 11.3 Å². The van der Waals surface area contributed by atoms with Crippen molar-refractivity contribution in [1.29, 1.82) is 0 Å². The molecule has 1 aromatic heterocycles. The predicted molar refractivity (Wildman–Crippen MR) is 72.0 cm³/mol. The Labute approximate surface area is 110 Å². The average Bonchev–Trinajstić information content (AvgIpc) is 2.90. The van der Waals surface area contributed by atoms with E-state index in [4.69, 9.17) is 4.74 Å². The van der Waals surface area contributed by atoms with Crippen molar-refractivity contribution in [2.45, 2.75) is 13.5 Å². The van der Waals surface area contributed by atoms with Crippen molar-refractivity contribution in [3.8, 4) is 0 Å². The number of hydrogen-bond donors (Lipinski definition) is 1. The Bertz CT molecular complexity index is 538. The summed E-state index contributed by atoms with van der Waals surface area (Å²) in [5.41, 5.74) is 5.18. The van der Waals surface area contributed by atoms with E-state index < -0.39 is 0 Å². The van der Waals surface area contributed by atoms with Crippen LogP contribution in [-0.2, 0) is 11.3 Å². The minimum Gasteiger partial charge on any atom is -0.465 e. The van der Waals surface area contributed by atoms with Gasteiger partial charge in [-0.15, -0.1) is 11.3 Å². The van der Waals surface area contributed by atoms with Crippen LogP contribution in [0.3, 0.4) is 0 Å². The molecule has 0 saturated heterocycles. The summed E-state index contributed by atoms with van der Waals surface area (Å²) in [6.45, 7) is 2.55. The fourth-order valence-corrected chi connectivity index (χ4v) is 2.23. The molecular weight excluding hydrogens is 248 g/mol. The number of benzene rings is 1. The number of ether oxygens (including phenoxy) is 1. The second kappa shape index (κ2) is 5.64. The largest absolute Gasteiger partial charge is 0.465 e. The van der Waals surface area contributed by atoms with Crippen molar-refractivity contribution >= 4 is 23.0 Å². The molecule has 0 spiro atoms. The molecule has 0 unspecified atom stereocenters. The molecule has 1 aromatic carbocycles. The van der Waals surface area contributed by atoms with Gasteiger partial charge < -0.3 is 10.1 Å². The van der Waals surface area contributed by atoms with Gasteiger partial charge in [0, 0.05) is 11.1 Å². The van der Waals surface area contributed by atoms with E-state index in [1.807, 2.05) is 24.4 Å². The maximum absolute atomic E-state index is 11.6. The van der Waals surface area contributed by atoms with Gasteiger partial charge in [-0.25, -0.2) is 9.78 Å². The molecule has 0 saturated carbocycles. The third-order valence-electron chi connectivity index (χ3n) is 2.68. The van der Waals surface area contributed by atoms with Gasteiger partial charge >= 0.3 is 5.97 Å². The normalized spacial score (nSPS) is 10.1.